The van der Waals surface area contributed by atoms with Gasteiger partial charge in [-0.2, -0.15) is 0 Å². The van der Waals surface area contributed by atoms with Crippen LogP contribution in [-0.4, -0.2) is 41.5 Å². The molecule has 1 aliphatic carbocycles. The number of carbonyl (C=O) groups excluding carboxylic acids is 1. The standard InChI is InChI=1S/C20H19F6N3O5/c1-11(27-16(30)10-31-13-3-2-4-14(9-13)33-19(21,22)23)5-6-17-28-29-18(32-17)12-7-15(8-12)34-20(24,25)26/h2-4,9,12,15H,1,5-8,10H2,(H,27,30)/t12-,15+. The summed E-state index contributed by atoms with van der Waals surface area (Å²) in [6, 6.07) is 4.71. The number of allylic oxidation sites excluding steroid dienone is 1. The molecule has 1 aliphatic rings. The molecule has 0 radical (unpaired) electrons. The first-order chi connectivity index (χ1) is 15.9. The summed E-state index contributed by atoms with van der Waals surface area (Å²) in [5, 5.41) is 10.1. The molecule has 0 aliphatic heterocycles. The summed E-state index contributed by atoms with van der Waals surface area (Å²) < 4.78 is 91.6. The lowest BCUT2D eigenvalue weighted by atomic mass is 9.82. The van der Waals surface area contributed by atoms with Gasteiger partial charge in [0.25, 0.3) is 5.91 Å². The number of ether oxygens (including phenoxy) is 3. The number of amides is 1. The van der Waals surface area contributed by atoms with E-state index in [1.165, 1.54) is 12.1 Å². The number of hydrogen-bond donors (Lipinski definition) is 1. The Morgan fingerprint density at radius 2 is 1.82 bits per heavy atom. The van der Waals surface area contributed by atoms with Gasteiger partial charge in [0.1, 0.15) is 11.5 Å². The van der Waals surface area contributed by atoms with E-state index in [-0.39, 0.29) is 49.1 Å². The molecular weight excluding hydrogens is 476 g/mol. The molecule has 0 saturated heterocycles. The van der Waals surface area contributed by atoms with Gasteiger partial charge in [0.2, 0.25) is 11.8 Å². The molecule has 1 fully saturated rings. The van der Waals surface area contributed by atoms with Crippen LogP contribution in [0.3, 0.4) is 0 Å². The maximum absolute atomic E-state index is 12.3. The Bertz CT molecular complexity index is 1000. The van der Waals surface area contributed by atoms with Gasteiger partial charge in [0.05, 0.1) is 6.10 Å². The van der Waals surface area contributed by atoms with Crippen LogP contribution in [0.2, 0.25) is 0 Å². The van der Waals surface area contributed by atoms with Crippen LogP contribution in [0.5, 0.6) is 11.5 Å². The zero-order valence-corrected chi connectivity index (χ0v) is 17.4. The van der Waals surface area contributed by atoms with E-state index in [9.17, 15) is 31.1 Å². The second kappa shape index (κ2) is 10.3. The lowest BCUT2D eigenvalue weighted by Gasteiger charge is -2.32. The molecule has 2 aromatic rings. The fraction of sp³-hybridized carbons (Fsp3) is 0.450. The minimum absolute atomic E-state index is 0.000214. The van der Waals surface area contributed by atoms with E-state index >= 15 is 0 Å². The zero-order valence-electron chi connectivity index (χ0n) is 17.4. The fourth-order valence-corrected chi connectivity index (χ4v) is 3.05. The quantitative estimate of drug-likeness (QED) is 0.489. The molecule has 14 heteroatoms. The first kappa shape index (κ1) is 25.3. The molecule has 1 saturated carbocycles. The van der Waals surface area contributed by atoms with E-state index in [2.05, 4.69) is 31.6 Å². The fourth-order valence-electron chi connectivity index (χ4n) is 3.05. The Kier molecular flexibility index (Phi) is 7.69. The van der Waals surface area contributed by atoms with Gasteiger partial charge in [0.15, 0.2) is 6.61 Å². The van der Waals surface area contributed by atoms with Crippen molar-refractivity contribution in [2.75, 3.05) is 6.61 Å². The van der Waals surface area contributed by atoms with E-state index in [1.807, 2.05) is 0 Å². The Morgan fingerprint density at radius 1 is 1.12 bits per heavy atom. The van der Waals surface area contributed by atoms with Crippen molar-refractivity contribution in [1.29, 1.82) is 0 Å². The summed E-state index contributed by atoms with van der Waals surface area (Å²) in [7, 11) is 0. The number of nitrogens with one attached hydrogen (secondary N) is 1. The van der Waals surface area contributed by atoms with Gasteiger partial charge in [-0.25, -0.2) is 0 Å². The molecule has 186 valence electrons. The summed E-state index contributed by atoms with van der Waals surface area (Å²) in [5.74, 6) is -0.948. The van der Waals surface area contributed by atoms with E-state index in [0.717, 1.165) is 12.1 Å². The van der Waals surface area contributed by atoms with Crippen molar-refractivity contribution in [2.24, 2.45) is 0 Å². The van der Waals surface area contributed by atoms with Gasteiger partial charge in [-0.1, -0.05) is 12.6 Å². The molecule has 8 nitrogen and oxygen atoms in total. The number of aryl methyl sites for hydroxylation is 1. The van der Waals surface area contributed by atoms with Crippen LogP contribution in [0.1, 0.15) is 37.0 Å². The molecule has 1 N–H and O–H groups in total. The van der Waals surface area contributed by atoms with Crippen LogP contribution >= 0.6 is 0 Å². The molecule has 0 bridgehead atoms. The SMILES string of the molecule is C=C(CCc1nnc([C@H]2C[C@@H](OC(F)(F)F)C2)o1)NC(=O)COc1cccc(OC(F)(F)F)c1. The summed E-state index contributed by atoms with van der Waals surface area (Å²) in [5.41, 5.74) is 0.296. The number of benzene rings is 1. The number of rotatable bonds is 10. The molecule has 1 heterocycles. The van der Waals surface area contributed by atoms with Crippen molar-refractivity contribution in [2.45, 2.75) is 50.4 Å². The van der Waals surface area contributed by atoms with Crippen molar-refractivity contribution in [3.05, 3.63) is 48.3 Å². The van der Waals surface area contributed by atoms with E-state index in [4.69, 9.17) is 9.15 Å². The van der Waals surface area contributed by atoms with Gasteiger partial charge in [0, 0.05) is 24.1 Å². The Balaban J connectivity index is 1.36. The number of nitrogens with zero attached hydrogens (tertiary/aromatic N) is 2. The van der Waals surface area contributed by atoms with E-state index in [0.29, 0.717) is 5.70 Å². The van der Waals surface area contributed by atoms with Crippen LogP contribution in [-0.2, 0) is 16.0 Å². The highest BCUT2D eigenvalue weighted by Gasteiger charge is 2.42. The number of aromatic nitrogens is 2. The third-order valence-electron chi connectivity index (χ3n) is 4.59. The minimum atomic E-state index is -4.85. The van der Waals surface area contributed by atoms with Crippen molar-refractivity contribution in [3.63, 3.8) is 0 Å². The largest absolute Gasteiger partial charge is 0.573 e. The highest BCUT2D eigenvalue weighted by atomic mass is 19.4. The molecule has 1 amide bonds. The first-order valence-corrected chi connectivity index (χ1v) is 9.89. The summed E-state index contributed by atoms with van der Waals surface area (Å²) >= 11 is 0. The Morgan fingerprint density at radius 3 is 2.50 bits per heavy atom. The second-order valence-electron chi connectivity index (χ2n) is 7.35. The van der Waals surface area contributed by atoms with Gasteiger partial charge in [-0.3, -0.25) is 9.53 Å². The molecule has 3 rings (SSSR count). The minimum Gasteiger partial charge on any atom is -0.484 e. The number of halogens is 6. The molecule has 1 aromatic carbocycles. The smallest absolute Gasteiger partial charge is 0.484 e. The predicted molar refractivity (Wildman–Crippen MR) is 101 cm³/mol. The first-order valence-electron chi connectivity index (χ1n) is 9.89. The zero-order chi connectivity index (χ0) is 24.9. The molecule has 0 atom stereocenters. The average Bonchev–Trinajstić information content (AvgIpc) is 3.14. The van der Waals surface area contributed by atoms with Gasteiger partial charge in [-0.15, -0.1) is 36.5 Å². The summed E-state index contributed by atoms with van der Waals surface area (Å²) in [6.07, 6.45) is -9.78. The van der Waals surface area contributed by atoms with Gasteiger partial charge >= 0.3 is 12.7 Å². The molecule has 1 aromatic heterocycles. The highest BCUT2D eigenvalue weighted by molar-refractivity contribution is 5.79. The average molecular weight is 495 g/mol. The summed E-state index contributed by atoms with van der Waals surface area (Å²) in [6.45, 7) is 3.20. The third-order valence-corrected chi connectivity index (χ3v) is 4.59. The normalized spacial score (nSPS) is 18.2. The number of alkyl halides is 6. The number of carbonyl (C=O) groups is 1. The Hall–Kier alpha value is -3.29. The monoisotopic (exact) mass is 495 g/mol. The molecule has 34 heavy (non-hydrogen) atoms. The van der Waals surface area contributed by atoms with Crippen LogP contribution in [0.25, 0.3) is 0 Å². The second-order valence-corrected chi connectivity index (χ2v) is 7.35. The predicted octanol–water partition coefficient (Wildman–Crippen LogP) is 4.39. The Labute approximate surface area is 188 Å². The van der Waals surface area contributed by atoms with Crippen LogP contribution in [0.4, 0.5) is 26.3 Å². The lowest BCUT2D eigenvalue weighted by Crippen LogP contribution is -2.34. The van der Waals surface area contributed by atoms with Gasteiger partial charge < -0.3 is 19.2 Å². The maximum Gasteiger partial charge on any atom is 0.573 e. The topological polar surface area (TPSA) is 95.7 Å². The molecular formula is C20H19F6N3O5. The number of hydrogen-bond acceptors (Lipinski definition) is 7. The van der Waals surface area contributed by atoms with Crippen LogP contribution < -0.4 is 14.8 Å². The highest BCUT2D eigenvalue weighted by Crippen LogP contribution is 2.40. The molecule has 0 unspecified atom stereocenters. The van der Waals surface area contributed by atoms with Crippen molar-refractivity contribution in [3.8, 4) is 11.5 Å². The van der Waals surface area contributed by atoms with E-state index in [1.54, 1.807) is 0 Å². The summed E-state index contributed by atoms with van der Waals surface area (Å²) in [4.78, 5) is 12.0. The van der Waals surface area contributed by atoms with Crippen molar-refractivity contribution >= 4 is 5.91 Å². The van der Waals surface area contributed by atoms with Crippen LogP contribution in [0, 0.1) is 0 Å². The van der Waals surface area contributed by atoms with E-state index < -0.39 is 37.1 Å². The van der Waals surface area contributed by atoms with Crippen molar-refractivity contribution < 1.29 is 49.8 Å². The molecule has 0 spiro atoms. The van der Waals surface area contributed by atoms with Crippen molar-refractivity contribution in [1.82, 2.24) is 15.5 Å². The maximum atomic E-state index is 12.3. The van der Waals surface area contributed by atoms with Crippen LogP contribution in [0.15, 0.2) is 41.0 Å². The van der Waals surface area contributed by atoms with Gasteiger partial charge in [-0.05, 0) is 31.4 Å². The third kappa shape index (κ3) is 8.24. The lowest BCUT2D eigenvalue weighted by molar-refractivity contribution is -0.352.